The first-order chi connectivity index (χ1) is 10.2. The highest BCUT2D eigenvalue weighted by Crippen LogP contribution is 2.47. The Hall–Kier alpha value is -0.900. The molecule has 3 rings (SSSR count). The Morgan fingerprint density at radius 3 is 2.71 bits per heavy atom. The molecule has 0 bridgehead atoms. The molecule has 3 nitrogen and oxygen atoms in total. The molecule has 1 aromatic carbocycles. The molecule has 2 atom stereocenters. The average molecular weight is 289 g/mol. The topological polar surface area (TPSA) is 43.7 Å². The minimum atomic E-state index is -1.06. The molecule has 1 aliphatic carbocycles. The lowest BCUT2D eigenvalue weighted by Gasteiger charge is -2.44. The fourth-order valence-corrected chi connectivity index (χ4v) is 3.81. The third kappa shape index (κ3) is 2.63. The van der Waals surface area contributed by atoms with Crippen LogP contribution in [0.15, 0.2) is 24.3 Å². The number of fused-ring (bicyclic) bond motifs is 1. The second kappa shape index (κ2) is 6.07. The van der Waals surface area contributed by atoms with Crippen LogP contribution in [0.1, 0.15) is 50.2 Å². The molecule has 0 unspecified atom stereocenters. The number of rotatable bonds is 4. The molecule has 116 valence electrons. The van der Waals surface area contributed by atoms with Crippen LogP contribution >= 0.6 is 0 Å². The average Bonchev–Trinajstić information content (AvgIpc) is 2.52. The van der Waals surface area contributed by atoms with Gasteiger partial charge in [-0.3, -0.25) is 4.90 Å². The molecule has 0 aromatic heterocycles. The van der Waals surface area contributed by atoms with Crippen molar-refractivity contribution in [1.29, 1.82) is 0 Å². The lowest BCUT2D eigenvalue weighted by molar-refractivity contribution is -0.144. The van der Waals surface area contributed by atoms with Gasteiger partial charge < -0.3 is 10.2 Å². The van der Waals surface area contributed by atoms with Crippen molar-refractivity contribution < 1.29 is 10.2 Å². The molecule has 1 fully saturated rings. The smallest absolute Gasteiger partial charge is 0.120 e. The summed E-state index contributed by atoms with van der Waals surface area (Å²) < 4.78 is 0. The zero-order chi connectivity index (χ0) is 14.9. The second-order valence-corrected chi connectivity index (χ2v) is 6.71. The minimum Gasteiger partial charge on any atom is -0.388 e. The zero-order valence-corrected chi connectivity index (χ0v) is 13.0. The van der Waals surface area contributed by atoms with Crippen molar-refractivity contribution in [3.8, 4) is 0 Å². The highest BCUT2D eigenvalue weighted by Gasteiger charge is 2.49. The molecule has 1 aromatic rings. The van der Waals surface area contributed by atoms with Gasteiger partial charge in [-0.05, 0) is 42.9 Å². The number of benzene rings is 1. The molecule has 1 saturated carbocycles. The Bertz CT molecular complexity index is 486. The molecular weight excluding hydrogens is 262 g/mol. The summed E-state index contributed by atoms with van der Waals surface area (Å²) in [5.41, 5.74) is 1.08. The maximum absolute atomic E-state index is 11.4. The number of nitrogens with zero attached hydrogens (tertiary/aromatic N) is 1. The molecule has 0 saturated heterocycles. The van der Waals surface area contributed by atoms with Gasteiger partial charge in [-0.25, -0.2) is 0 Å². The number of hydrogen-bond acceptors (Lipinski definition) is 3. The van der Waals surface area contributed by atoms with Gasteiger partial charge in [0, 0.05) is 13.1 Å². The number of β-amino-alcohol motifs (C(OH)–C–C–N with tert-alkyl or cyclic N) is 1. The van der Waals surface area contributed by atoms with E-state index >= 15 is 0 Å². The van der Waals surface area contributed by atoms with Crippen molar-refractivity contribution in [3.63, 3.8) is 0 Å². The van der Waals surface area contributed by atoms with E-state index in [-0.39, 0.29) is 5.92 Å². The van der Waals surface area contributed by atoms with Crippen molar-refractivity contribution in [2.75, 3.05) is 13.1 Å². The van der Waals surface area contributed by atoms with E-state index in [9.17, 15) is 10.2 Å². The van der Waals surface area contributed by atoms with Gasteiger partial charge in [0.2, 0.25) is 0 Å². The van der Waals surface area contributed by atoms with E-state index in [1.54, 1.807) is 0 Å². The third-order valence-corrected chi connectivity index (χ3v) is 5.34. The predicted molar refractivity (Wildman–Crippen MR) is 83.9 cm³/mol. The molecule has 2 aliphatic rings. The summed E-state index contributed by atoms with van der Waals surface area (Å²) in [4.78, 5) is 2.30. The first-order valence-electron chi connectivity index (χ1n) is 8.37. The Kier molecular flexibility index (Phi) is 4.34. The Balaban J connectivity index is 1.95. The van der Waals surface area contributed by atoms with Crippen molar-refractivity contribution in [3.05, 3.63) is 35.4 Å². The summed E-state index contributed by atoms with van der Waals surface area (Å²) in [6, 6.07) is 8.14. The molecule has 0 amide bonds. The number of aliphatic hydroxyl groups excluding tert-OH is 1. The molecule has 2 N–H and O–H groups in total. The van der Waals surface area contributed by atoms with Crippen LogP contribution < -0.4 is 0 Å². The van der Waals surface area contributed by atoms with E-state index in [0.29, 0.717) is 6.54 Å². The van der Waals surface area contributed by atoms with Gasteiger partial charge in [0.05, 0.1) is 6.10 Å². The quantitative estimate of drug-likeness (QED) is 0.895. The van der Waals surface area contributed by atoms with Gasteiger partial charge >= 0.3 is 0 Å². The zero-order valence-electron chi connectivity index (χ0n) is 13.0. The van der Waals surface area contributed by atoms with Crippen molar-refractivity contribution in [1.82, 2.24) is 4.90 Å². The van der Waals surface area contributed by atoms with E-state index in [2.05, 4.69) is 17.9 Å². The van der Waals surface area contributed by atoms with Crippen LogP contribution in [0.5, 0.6) is 0 Å². The molecule has 1 aliphatic heterocycles. The van der Waals surface area contributed by atoms with Crippen LogP contribution in [-0.2, 0) is 12.1 Å². The summed E-state index contributed by atoms with van der Waals surface area (Å²) in [7, 11) is 0. The summed E-state index contributed by atoms with van der Waals surface area (Å²) in [6.07, 6.45) is 4.82. The molecule has 3 heteroatoms. The summed E-state index contributed by atoms with van der Waals surface area (Å²) in [5, 5.41) is 22.1. The Morgan fingerprint density at radius 1 is 1.29 bits per heavy atom. The van der Waals surface area contributed by atoms with Gasteiger partial charge in [-0.15, -0.1) is 0 Å². The summed E-state index contributed by atoms with van der Waals surface area (Å²) in [5.74, 6) is 0.208. The minimum absolute atomic E-state index is 0.208. The fraction of sp³-hybridized carbons (Fsp3) is 0.667. The van der Waals surface area contributed by atoms with Crippen molar-refractivity contribution in [2.45, 2.75) is 57.3 Å². The van der Waals surface area contributed by atoms with Crippen LogP contribution in [0.4, 0.5) is 0 Å². The highest BCUT2D eigenvalue weighted by atomic mass is 16.3. The summed E-state index contributed by atoms with van der Waals surface area (Å²) in [6.45, 7) is 4.58. The Morgan fingerprint density at radius 2 is 2.05 bits per heavy atom. The van der Waals surface area contributed by atoms with Crippen LogP contribution in [0.3, 0.4) is 0 Å². The lowest BCUT2D eigenvalue weighted by atomic mass is 9.66. The number of hydrogen-bond donors (Lipinski definition) is 2. The van der Waals surface area contributed by atoms with Gasteiger partial charge in [-0.1, -0.05) is 44.0 Å². The standard InChI is InChI=1S/C18H27NO2/c1-2-3-11-19-12-14-7-4-5-10-16(14)18(21,17(20)13-19)15-8-6-9-15/h4-5,7,10,15,17,20-21H,2-3,6,8-9,11-13H2,1H3/t17-,18+/m1/s1. The fourth-order valence-electron chi connectivity index (χ4n) is 3.81. The van der Waals surface area contributed by atoms with Gasteiger partial charge in [-0.2, -0.15) is 0 Å². The van der Waals surface area contributed by atoms with E-state index < -0.39 is 11.7 Å². The number of aliphatic hydroxyl groups is 2. The second-order valence-electron chi connectivity index (χ2n) is 6.71. The van der Waals surface area contributed by atoms with E-state index in [1.165, 1.54) is 12.0 Å². The normalized spacial score (nSPS) is 30.5. The van der Waals surface area contributed by atoms with Crippen LogP contribution in [-0.4, -0.2) is 34.3 Å². The molecule has 0 radical (unpaired) electrons. The van der Waals surface area contributed by atoms with Gasteiger partial charge in [0.1, 0.15) is 5.60 Å². The molecular formula is C18H27NO2. The van der Waals surface area contributed by atoms with Crippen LogP contribution in [0, 0.1) is 5.92 Å². The predicted octanol–water partition coefficient (Wildman–Crippen LogP) is 2.65. The SMILES string of the molecule is CCCCN1Cc2ccccc2[C@@](O)(C2CCC2)[C@H](O)C1. The monoisotopic (exact) mass is 289 g/mol. The molecule has 21 heavy (non-hydrogen) atoms. The first-order valence-corrected chi connectivity index (χ1v) is 8.37. The maximum Gasteiger partial charge on any atom is 0.120 e. The Labute approximate surface area is 127 Å². The maximum atomic E-state index is 11.4. The third-order valence-electron chi connectivity index (χ3n) is 5.34. The largest absolute Gasteiger partial charge is 0.388 e. The molecule has 1 heterocycles. The van der Waals surface area contributed by atoms with Crippen LogP contribution in [0.2, 0.25) is 0 Å². The first kappa shape index (κ1) is 15.0. The highest BCUT2D eigenvalue weighted by molar-refractivity contribution is 5.36. The van der Waals surface area contributed by atoms with Crippen LogP contribution in [0.25, 0.3) is 0 Å². The van der Waals surface area contributed by atoms with Gasteiger partial charge in [0.25, 0.3) is 0 Å². The van der Waals surface area contributed by atoms with E-state index in [4.69, 9.17) is 0 Å². The summed E-state index contributed by atoms with van der Waals surface area (Å²) >= 11 is 0. The molecule has 0 spiro atoms. The number of unbranched alkanes of at least 4 members (excludes halogenated alkanes) is 1. The lowest BCUT2D eigenvalue weighted by Crippen LogP contribution is -2.51. The van der Waals surface area contributed by atoms with Gasteiger partial charge in [0.15, 0.2) is 0 Å². The van der Waals surface area contributed by atoms with Crippen molar-refractivity contribution in [2.24, 2.45) is 5.92 Å². The van der Waals surface area contributed by atoms with E-state index in [1.807, 2.05) is 18.2 Å². The van der Waals surface area contributed by atoms with E-state index in [0.717, 1.165) is 44.3 Å². The van der Waals surface area contributed by atoms with Crippen molar-refractivity contribution >= 4 is 0 Å².